The SMILES string of the molecule is CCCNc1ncnc(N(C)Cc2cccc(Br)c2)c1C. The van der Waals surface area contributed by atoms with Crippen molar-refractivity contribution in [2.45, 2.75) is 26.8 Å². The number of hydrogen-bond donors (Lipinski definition) is 1. The number of halogens is 1. The first kappa shape index (κ1) is 15.8. The van der Waals surface area contributed by atoms with Gasteiger partial charge in [-0.25, -0.2) is 9.97 Å². The fourth-order valence-corrected chi connectivity index (χ4v) is 2.68. The molecule has 2 aromatic rings. The highest BCUT2D eigenvalue weighted by Gasteiger charge is 2.11. The molecular weight excluding hydrogens is 328 g/mol. The Morgan fingerprint density at radius 1 is 1.29 bits per heavy atom. The Bertz CT molecular complexity index is 601. The predicted octanol–water partition coefficient (Wildman–Crippen LogP) is 4.01. The Morgan fingerprint density at radius 2 is 2.10 bits per heavy atom. The molecule has 21 heavy (non-hydrogen) atoms. The Morgan fingerprint density at radius 3 is 2.81 bits per heavy atom. The van der Waals surface area contributed by atoms with E-state index in [0.717, 1.165) is 41.2 Å². The van der Waals surface area contributed by atoms with Gasteiger partial charge in [-0.05, 0) is 31.0 Å². The van der Waals surface area contributed by atoms with Crippen LogP contribution < -0.4 is 10.2 Å². The number of hydrogen-bond acceptors (Lipinski definition) is 4. The van der Waals surface area contributed by atoms with Crippen LogP contribution in [-0.2, 0) is 6.54 Å². The summed E-state index contributed by atoms with van der Waals surface area (Å²) in [5, 5.41) is 3.35. The first-order valence-corrected chi connectivity index (χ1v) is 7.92. The van der Waals surface area contributed by atoms with Gasteiger partial charge in [0.15, 0.2) is 0 Å². The zero-order valence-corrected chi connectivity index (χ0v) is 14.3. The average molecular weight is 349 g/mol. The van der Waals surface area contributed by atoms with Crippen LogP contribution in [0, 0.1) is 6.92 Å². The molecule has 0 fully saturated rings. The van der Waals surface area contributed by atoms with Gasteiger partial charge in [0.25, 0.3) is 0 Å². The van der Waals surface area contributed by atoms with Gasteiger partial charge in [-0.1, -0.05) is 35.0 Å². The van der Waals surface area contributed by atoms with Crippen LogP contribution in [0.1, 0.15) is 24.5 Å². The molecule has 0 aliphatic rings. The van der Waals surface area contributed by atoms with Crippen molar-refractivity contribution in [2.24, 2.45) is 0 Å². The lowest BCUT2D eigenvalue weighted by atomic mass is 10.2. The van der Waals surface area contributed by atoms with E-state index in [2.05, 4.69) is 69.1 Å². The van der Waals surface area contributed by atoms with Gasteiger partial charge in [0.1, 0.15) is 18.0 Å². The lowest BCUT2D eigenvalue weighted by Crippen LogP contribution is -2.20. The number of anilines is 2. The molecule has 0 radical (unpaired) electrons. The lowest BCUT2D eigenvalue weighted by molar-refractivity contribution is 0.878. The molecule has 0 amide bonds. The molecule has 0 saturated heterocycles. The third-order valence-electron chi connectivity index (χ3n) is 3.27. The molecule has 112 valence electrons. The highest BCUT2D eigenvalue weighted by molar-refractivity contribution is 9.10. The number of nitrogens with zero attached hydrogens (tertiary/aromatic N) is 3. The second-order valence-electron chi connectivity index (χ2n) is 5.08. The first-order chi connectivity index (χ1) is 10.1. The third kappa shape index (κ3) is 4.17. The summed E-state index contributed by atoms with van der Waals surface area (Å²) in [6.45, 7) is 5.94. The molecule has 0 aliphatic carbocycles. The van der Waals surface area contributed by atoms with E-state index in [-0.39, 0.29) is 0 Å². The minimum Gasteiger partial charge on any atom is -0.370 e. The summed E-state index contributed by atoms with van der Waals surface area (Å²) in [6, 6.07) is 8.33. The molecule has 2 rings (SSSR count). The minimum atomic E-state index is 0.810. The van der Waals surface area contributed by atoms with E-state index in [0.29, 0.717) is 0 Å². The maximum absolute atomic E-state index is 4.43. The van der Waals surface area contributed by atoms with Gasteiger partial charge < -0.3 is 10.2 Å². The molecular formula is C16H21BrN4. The van der Waals surface area contributed by atoms with Crippen LogP contribution >= 0.6 is 15.9 Å². The van der Waals surface area contributed by atoms with E-state index < -0.39 is 0 Å². The summed E-state index contributed by atoms with van der Waals surface area (Å²) in [4.78, 5) is 10.9. The molecule has 5 heteroatoms. The van der Waals surface area contributed by atoms with Crippen LogP contribution in [0.5, 0.6) is 0 Å². The maximum atomic E-state index is 4.43. The van der Waals surface area contributed by atoms with E-state index in [1.54, 1.807) is 6.33 Å². The molecule has 0 atom stereocenters. The van der Waals surface area contributed by atoms with Gasteiger partial charge in [0, 0.05) is 30.2 Å². The van der Waals surface area contributed by atoms with Crippen LogP contribution in [0.4, 0.5) is 11.6 Å². The number of rotatable bonds is 6. The average Bonchev–Trinajstić information content (AvgIpc) is 2.46. The van der Waals surface area contributed by atoms with E-state index in [4.69, 9.17) is 0 Å². The number of aromatic nitrogens is 2. The Balaban J connectivity index is 2.17. The maximum Gasteiger partial charge on any atom is 0.137 e. The van der Waals surface area contributed by atoms with E-state index in [1.165, 1.54) is 5.56 Å². The van der Waals surface area contributed by atoms with Crippen molar-refractivity contribution < 1.29 is 0 Å². The topological polar surface area (TPSA) is 41.1 Å². The highest BCUT2D eigenvalue weighted by atomic mass is 79.9. The first-order valence-electron chi connectivity index (χ1n) is 7.13. The second-order valence-corrected chi connectivity index (χ2v) is 6.00. The van der Waals surface area contributed by atoms with Crippen molar-refractivity contribution in [1.29, 1.82) is 0 Å². The molecule has 1 heterocycles. The molecule has 0 saturated carbocycles. The Hall–Kier alpha value is -1.62. The molecule has 0 unspecified atom stereocenters. The van der Waals surface area contributed by atoms with Crippen molar-refractivity contribution >= 4 is 27.6 Å². The Kier molecular flexibility index (Phi) is 5.56. The second kappa shape index (κ2) is 7.41. The summed E-state index contributed by atoms with van der Waals surface area (Å²) in [6.07, 6.45) is 2.70. The molecule has 1 aromatic carbocycles. The normalized spacial score (nSPS) is 10.5. The van der Waals surface area contributed by atoms with Crippen LogP contribution in [-0.4, -0.2) is 23.6 Å². The van der Waals surface area contributed by atoms with Gasteiger partial charge >= 0.3 is 0 Å². The number of nitrogens with one attached hydrogen (secondary N) is 1. The van der Waals surface area contributed by atoms with Crippen LogP contribution in [0.25, 0.3) is 0 Å². The summed E-state index contributed by atoms with van der Waals surface area (Å²) in [7, 11) is 2.06. The van der Waals surface area contributed by atoms with Crippen LogP contribution in [0.15, 0.2) is 35.1 Å². The van der Waals surface area contributed by atoms with Gasteiger partial charge in [-0.2, -0.15) is 0 Å². The van der Waals surface area contributed by atoms with Gasteiger partial charge in [-0.3, -0.25) is 0 Å². The number of benzene rings is 1. The van der Waals surface area contributed by atoms with Crippen LogP contribution in [0.3, 0.4) is 0 Å². The largest absolute Gasteiger partial charge is 0.370 e. The summed E-state index contributed by atoms with van der Waals surface area (Å²) < 4.78 is 1.10. The van der Waals surface area contributed by atoms with E-state index >= 15 is 0 Å². The zero-order valence-electron chi connectivity index (χ0n) is 12.7. The third-order valence-corrected chi connectivity index (χ3v) is 3.76. The Labute approximate surface area is 134 Å². The van der Waals surface area contributed by atoms with Crippen LogP contribution in [0.2, 0.25) is 0 Å². The summed E-state index contributed by atoms with van der Waals surface area (Å²) >= 11 is 3.51. The fourth-order valence-electron chi connectivity index (χ4n) is 2.23. The monoisotopic (exact) mass is 348 g/mol. The van der Waals surface area contributed by atoms with E-state index in [1.807, 2.05) is 12.1 Å². The zero-order chi connectivity index (χ0) is 15.2. The molecule has 1 N–H and O–H groups in total. The summed E-state index contributed by atoms with van der Waals surface area (Å²) in [5.74, 6) is 1.88. The minimum absolute atomic E-state index is 0.810. The van der Waals surface area contributed by atoms with E-state index in [9.17, 15) is 0 Å². The highest BCUT2D eigenvalue weighted by Crippen LogP contribution is 2.23. The standard InChI is InChI=1S/C16H21BrN4/c1-4-8-18-15-12(2)16(20-11-19-15)21(3)10-13-6-5-7-14(17)9-13/h5-7,9,11H,4,8,10H2,1-3H3,(H,18,19,20). The lowest BCUT2D eigenvalue weighted by Gasteiger charge is -2.21. The van der Waals surface area contributed by atoms with Crippen molar-refractivity contribution in [3.8, 4) is 0 Å². The quantitative estimate of drug-likeness (QED) is 0.856. The molecule has 0 bridgehead atoms. The van der Waals surface area contributed by atoms with Gasteiger partial charge in [0.05, 0.1) is 0 Å². The smallest absolute Gasteiger partial charge is 0.137 e. The summed E-state index contributed by atoms with van der Waals surface area (Å²) in [5.41, 5.74) is 2.33. The predicted molar refractivity (Wildman–Crippen MR) is 91.8 cm³/mol. The van der Waals surface area contributed by atoms with Gasteiger partial charge in [0.2, 0.25) is 0 Å². The van der Waals surface area contributed by atoms with Crippen molar-refractivity contribution in [1.82, 2.24) is 9.97 Å². The van der Waals surface area contributed by atoms with Crippen molar-refractivity contribution in [2.75, 3.05) is 23.8 Å². The molecule has 4 nitrogen and oxygen atoms in total. The van der Waals surface area contributed by atoms with Crippen molar-refractivity contribution in [3.63, 3.8) is 0 Å². The van der Waals surface area contributed by atoms with Crippen molar-refractivity contribution in [3.05, 3.63) is 46.2 Å². The fraction of sp³-hybridized carbons (Fsp3) is 0.375. The molecule has 0 aliphatic heterocycles. The molecule has 1 aromatic heterocycles. The van der Waals surface area contributed by atoms with Gasteiger partial charge in [-0.15, -0.1) is 0 Å². The molecule has 0 spiro atoms.